The Bertz CT molecular complexity index is 2460. The minimum atomic E-state index is -3.83. The van der Waals surface area contributed by atoms with Crippen LogP contribution in [0.2, 0.25) is 30.1 Å². The molecule has 41 heteroatoms. The van der Waals surface area contributed by atoms with Crippen LogP contribution in [0.1, 0.15) is 47.0 Å². The highest BCUT2D eigenvalue weighted by Crippen LogP contribution is 2.63. The maximum Gasteiger partial charge on any atom is 0.440 e. The minimum absolute atomic E-state index is 0.116. The Morgan fingerprint density at radius 2 is 1.14 bits per heavy atom. The molecule has 2 aromatic rings. The number of carbonyl (C=O) groups is 3. The molecule has 20 nitrogen and oxygen atoms in total. The Hall–Kier alpha value is 2.26. The number of methoxy groups -OCH3 is 1. The van der Waals surface area contributed by atoms with Crippen molar-refractivity contribution in [1.29, 1.82) is 0 Å². The number of rotatable bonds is 25. The zero-order chi connectivity index (χ0) is 63.3. The van der Waals surface area contributed by atoms with Crippen LogP contribution in [0.15, 0.2) is 24.3 Å². The third kappa shape index (κ3) is 33.7. The fourth-order valence-corrected chi connectivity index (χ4v) is 17.5. The predicted molar refractivity (Wildman–Crippen MR) is 339 cm³/mol. The summed E-state index contributed by atoms with van der Waals surface area (Å²) in [4.78, 5) is 34.7. The summed E-state index contributed by atoms with van der Waals surface area (Å²) in [5.74, 6) is -3.20. The van der Waals surface area contributed by atoms with Crippen molar-refractivity contribution in [2.24, 2.45) is 0 Å². The maximum atomic E-state index is 12.5. The Balaban J connectivity index is -0.000000934. The second-order valence-corrected chi connectivity index (χ2v) is 40.9. The van der Waals surface area contributed by atoms with Crippen molar-refractivity contribution in [1.82, 2.24) is 4.90 Å². The number of alkyl halides is 6. The molecule has 0 aromatic heterocycles. The first kappa shape index (κ1) is 86.5. The van der Waals surface area contributed by atoms with Crippen LogP contribution in [-0.4, -0.2) is 135 Å². The summed E-state index contributed by atoms with van der Waals surface area (Å²) in [6.45, 7) is 3.56. The lowest BCUT2D eigenvalue weighted by Gasteiger charge is -2.28. The number of imide groups is 1. The first-order valence-corrected chi connectivity index (χ1v) is 39.8. The van der Waals surface area contributed by atoms with Crippen molar-refractivity contribution in [3.63, 3.8) is 0 Å². The number of halogens is 12. The molecule has 468 valence electrons. The monoisotopic (exact) mass is 1550 g/mol. The molecule has 5 unspecified atom stereocenters. The van der Waals surface area contributed by atoms with Gasteiger partial charge in [-0.2, -0.15) is 0 Å². The molecule has 0 aliphatic rings. The van der Waals surface area contributed by atoms with Gasteiger partial charge in [-0.3, -0.25) is 27.8 Å². The Morgan fingerprint density at radius 3 is 1.51 bits per heavy atom. The van der Waals surface area contributed by atoms with Crippen LogP contribution < -0.4 is 9.05 Å². The normalized spacial score (nSPS) is 14.6. The average molecular weight is 1560 g/mol. The number of ether oxygens (including phenoxy) is 2. The fraction of sp³-hybridized carbons (Fsp3) is 0.615. The fourth-order valence-electron chi connectivity index (χ4n) is 4.13. The van der Waals surface area contributed by atoms with Crippen LogP contribution >= 0.6 is 196 Å². The number of esters is 1. The van der Waals surface area contributed by atoms with Gasteiger partial charge < -0.3 is 50.8 Å². The van der Waals surface area contributed by atoms with Gasteiger partial charge in [0.05, 0.1) is 51.2 Å². The van der Waals surface area contributed by atoms with Gasteiger partial charge in [-0.1, -0.05) is 176 Å². The van der Waals surface area contributed by atoms with E-state index in [1.54, 1.807) is 27.4 Å². The van der Waals surface area contributed by atoms with Crippen LogP contribution in [0.3, 0.4) is 0 Å². The second kappa shape index (κ2) is 42.3. The van der Waals surface area contributed by atoms with Crippen molar-refractivity contribution < 1.29 is 87.9 Å². The van der Waals surface area contributed by atoms with E-state index < -0.39 is 65.5 Å². The van der Waals surface area contributed by atoms with Gasteiger partial charge in [0.25, 0.3) is 0 Å². The Labute approximate surface area is 545 Å². The number of hydrogen-bond acceptors (Lipinski definition) is 23. The zero-order valence-electron chi connectivity index (χ0n) is 44.6. The summed E-state index contributed by atoms with van der Waals surface area (Å²) in [6.07, 6.45) is 0.843. The third-order valence-corrected chi connectivity index (χ3v) is 27.6. The summed E-state index contributed by atoms with van der Waals surface area (Å²) in [6, 6.07) is 5.91. The zero-order valence-corrected chi connectivity index (χ0v) is 61.4. The van der Waals surface area contributed by atoms with E-state index in [1.807, 2.05) is 6.92 Å². The quantitative estimate of drug-likeness (QED) is 0.0421. The molecule has 0 aliphatic heterocycles. The number of amides is 2. The van der Waals surface area contributed by atoms with Gasteiger partial charge in [-0.15, -0.1) is 0 Å². The molecule has 0 fully saturated rings. The molecule has 2 aromatic carbocycles. The highest BCUT2D eigenvalue weighted by molar-refractivity contribution is 8.69. The standard InChI is InChI=1S/C11H14Cl3O3PS.C9H10Cl3O3PS.C8H14Cl3O5P.C7H14NO4PS2.C4H8Cl3O4P/c1-3-5-19-18(15,16-4-2)17-11-9(13)6-8(12)7-10(11)14;1-3-14-16(17,13-2)15-9-5-7(11)6(10)4-8(9)12;1-4-5-6(12)16-7(8(9,10)11)17(13,14-2)15-3;1-8(7(10)11-2)6(9)5-15-13(4,14)12-3;1-10-12(9,11-2)3(8)4(5,6)7/h6-7H,3-5H2,1-2H3;4-5H,3H2,1-2H3;7H,4-5H2,1-3H3;5H2,1-4H3;3,8H,1-2H3. The van der Waals surface area contributed by atoms with Crippen molar-refractivity contribution in [2.75, 3.05) is 88.2 Å². The number of carbonyl (C=O) groups excluding carboxylic acids is 3. The number of aliphatic hydroxyl groups is 1. The van der Waals surface area contributed by atoms with Crippen LogP contribution in [0.25, 0.3) is 0 Å². The van der Waals surface area contributed by atoms with Crippen molar-refractivity contribution in [3.05, 3.63) is 54.4 Å². The molecule has 0 saturated carbocycles. The van der Waals surface area contributed by atoms with E-state index in [1.165, 1.54) is 64.0 Å². The summed E-state index contributed by atoms with van der Waals surface area (Å²) < 4.78 is 90.6. The predicted octanol–water partition coefficient (Wildman–Crippen LogP) is 18.4. The Kier molecular flexibility index (Phi) is 45.7. The second-order valence-electron chi connectivity index (χ2n) is 13.8. The largest absolute Gasteiger partial charge is 0.452 e. The maximum absolute atomic E-state index is 12.5. The van der Waals surface area contributed by atoms with Crippen molar-refractivity contribution >= 4 is 238 Å². The first-order valence-electron chi connectivity index (χ1n) is 21.6. The number of aliphatic hydroxyl groups excluding tert-OH is 1. The lowest BCUT2D eigenvalue weighted by Crippen LogP contribution is -2.34. The van der Waals surface area contributed by atoms with Gasteiger partial charge in [0.1, 0.15) is 11.2 Å². The average Bonchev–Trinajstić information content (AvgIpc) is 3.38. The van der Waals surface area contributed by atoms with Crippen LogP contribution in [0, 0.1) is 0 Å². The lowest BCUT2D eigenvalue weighted by atomic mass is 10.3. The molecule has 0 spiro atoms. The molecular formula is C39H60Cl12NO19P5S4. The van der Waals surface area contributed by atoms with E-state index in [4.69, 9.17) is 195 Å². The smallest absolute Gasteiger partial charge is 0.440 e. The highest BCUT2D eigenvalue weighted by atomic mass is 35.6. The van der Waals surface area contributed by atoms with E-state index in [9.17, 15) is 33.2 Å². The van der Waals surface area contributed by atoms with Crippen LogP contribution in [-0.2, 0) is 92.6 Å². The molecule has 80 heavy (non-hydrogen) atoms. The van der Waals surface area contributed by atoms with Crippen molar-refractivity contribution in [3.8, 4) is 11.5 Å². The third-order valence-electron chi connectivity index (χ3n) is 8.05. The summed E-state index contributed by atoms with van der Waals surface area (Å²) in [5.41, 5.74) is -1.96. The Morgan fingerprint density at radius 1 is 0.650 bits per heavy atom. The van der Waals surface area contributed by atoms with Crippen molar-refractivity contribution in [2.45, 2.75) is 66.2 Å². The highest BCUT2D eigenvalue weighted by Gasteiger charge is 2.51. The summed E-state index contributed by atoms with van der Waals surface area (Å²) in [7, 11) is 2.35. The molecule has 5 atom stereocenters. The van der Waals surface area contributed by atoms with E-state index >= 15 is 0 Å². The van der Waals surface area contributed by atoms with Gasteiger partial charge in [0.15, 0.2) is 5.75 Å². The molecule has 0 heterocycles. The molecule has 0 saturated heterocycles. The molecule has 2 amide bonds. The van der Waals surface area contributed by atoms with Crippen LogP contribution in [0.5, 0.6) is 11.5 Å². The molecule has 2 rings (SSSR count). The van der Waals surface area contributed by atoms with Gasteiger partial charge in [-0.05, 0) is 62.9 Å². The first-order chi connectivity index (χ1) is 36.7. The van der Waals surface area contributed by atoms with Gasteiger partial charge in [-0.25, -0.2) is 14.3 Å². The minimum Gasteiger partial charge on any atom is -0.452 e. The van der Waals surface area contributed by atoms with Gasteiger partial charge >= 0.3 is 40.8 Å². The SMILES string of the molecule is CCCC(=O)OC(C(Cl)(Cl)Cl)P(=O)(OC)OC.CCCSP(=O)(OCC)Oc1c(Cl)cc(Cl)cc1Cl.CCOP(=S)(OC)Oc1cc(Cl)c(Cl)cc1Cl.COC(=O)N(C)C(=O)CSP(C)(=S)OC.COP(=O)(OC)C(O)C(Cl)(Cl)Cl. The molecule has 0 radical (unpaired) electrons. The molecule has 0 bridgehead atoms. The lowest BCUT2D eigenvalue weighted by molar-refractivity contribution is -0.146. The summed E-state index contributed by atoms with van der Waals surface area (Å²) in [5, 5.41) is 10.9. The molecule has 0 aliphatic carbocycles. The topological polar surface area (TPSA) is 237 Å². The van der Waals surface area contributed by atoms with E-state index in [-0.39, 0.29) is 40.5 Å². The van der Waals surface area contributed by atoms with Gasteiger partial charge in [0.2, 0.25) is 25.2 Å². The number of benzene rings is 2. The molecular weight excluding hydrogens is 1490 g/mol. The molecule has 1 N–H and O–H groups in total. The number of hydrogen-bond donors (Lipinski definition) is 1. The van der Waals surface area contributed by atoms with Crippen LogP contribution in [0.4, 0.5) is 4.79 Å². The summed E-state index contributed by atoms with van der Waals surface area (Å²) >= 11 is 80.7. The number of nitrogens with zero attached hydrogens (tertiary/aromatic N) is 1. The van der Waals surface area contributed by atoms with E-state index in [0.29, 0.717) is 44.6 Å². The van der Waals surface area contributed by atoms with Gasteiger partial charge in [0, 0.05) is 84.8 Å². The van der Waals surface area contributed by atoms with E-state index in [0.717, 1.165) is 51.1 Å². The van der Waals surface area contributed by atoms with E-state index in [2.05, 4.69) is 22.8 Å².